The Morgan fingerprint density at radius 1 is 1.09 bits per heavy atom. The molecule has 0 aliphatic rings. The lowest BCUT2D eigenvalue weighted by molar-refractivity contribution is 0.372. The molecule has 0 aromatic heterocycles. The van der Waals surface area contributed by atoms with E-state index in [9.17, 15) is 16.8 Å². The summed E-state index contributed by atoms with van der Waals surface area (Å²) in [5, 5.41) is 0. The van der Waals surface area contributed by atoms with Crippen molar-refractivity contribution in [2.75, 3.05) is 25.9 Å². The molecule has 1 N–H and O–H groups in total. The van der Waals surface area contributed by atoms with Crippen molar-refractivity contribution < 1.29 is 16.8 Å². The largest absolute Gasteiger partial charge is 0.240 e. The molecule has 8 heteroatoms. The van der Waals surface area contributed by atoms with Gasteiger partial charge in [0.25, 0.3) is 0 Å². The SMILES string of the molecule is CCc1ccc(S(=O)(=O)NCCN(CC(C)C)S(C)(=O)=O)cc1. The van der Waals surface area contributed by atoms with Gasteiger partial charge in [-0.2, -0.15) is 0 Å². The summed E-state index contributed by atoms with van der Waals surface area (Å²) in [6, 6.07) is 6.67. The van der Waals surface area contributed by atoms with Crippen molar-refractivity contribution in [3.8, 4) is 0 Å². The van der Waals surface area contributed by atoms with E-state index in [-0.39, 0.29) is 23.9 Å². The van der Waals surface area contributed by atoms with E-state index in [4.69, 9.17) is 0 Å². The maximum absolute atomic E-state index is 12.2. The molecule has 0 bridgehead atoms. The smallest absolute Gasteiger partial charge is 0.213 e. The molecule has 132 valence electrons. The molecule has 0 saturated heterocycles. The maximum Gasteiger partial charge on any atom is 0.240 e. The monoisotopic (exact) mass is 362 g/mol. The minimum absolute atomic E-state index is 0.0393. The summed E-state index contributed by atoms with van der Waals surface area (Å²) in [6.07, 6.45) is 1.97. The summed E-state index contributed by atoms with van der Waals surface area (Å²) in [4.78, 5) is 0.185. The van der Waals surface area contributed by atoms with Gasteiger partial charge in [0.15, 0.2) is 0 Å². The molecule has 0 aliphatic heterocycles. The number of benzene rings is 1. The highest BCUT2D eigenvalue weighted by atomic mass is 32.2. The van der Waals surface area contributed by atoms with Crippen molar-refractivity contribution in [1.29, 1.82) is 0 Å². The molecule has 0 atom stereocenters. The Bertz CT molecular complexity index is 695. The van der Waals surface area contributed by atoms with Crippen LogP contribution in [0, 0.1) is 5.92 Å². The van der Waals surface area contributed by atoms with Crippen LogP contribution >= 0.6 is 0 Å². The topological polar surface area (TPSA) is 83.6 Å². The van der Waals surface area contributed by atoms with E-state index >= 15 is 0 Å². The lowest BCUT2D eigenvalue weighted by atomic mass is 10.2. The molecule has 1 rings (SSSR count). The van der Waals surface area contributed by atoms with Crippen LogP contribution in [0.3, 0.4) is 0 Å². The maximum atomic E-state index is 12.2. The Kier molecular flexibility index (Phi) is 7.19. The molecular weight excluding hydrogens is 336 g/mol. The van der Waals surface area contributed by atoms with Crippen LogP contribution < -0.4 is 4.72 Å². The molecule has 0 amide bonds. The van der Waals surface area contributed by atoms with Gasteiger partial charge in [-0.1, -0.05) is 32.9 Å². The lowest BCUT2D eigenvalue weighted by Crippen LogP contribution is -2.39. The first-order valence-electron chi connectivity index (χ1n) is 7.60. The second-order valence-corrected chi connectivity index (χ2v) is 9.66. The standard InChI is InChI=1S/C15H26N2O4S2/c1-5-14-6-8-15(9-7-14)23(20,21)16-10-11-17(12-13(2)3)22(4,18)19/h6-9,13,16H,5,10-12H2,1-4H3. The first-order chi connectivity index (χ1) is 10.6. The van der Waals surface area contributed by atoms with Crippen LogP contribution in [0.5, 0.6) is 0 Å². The first-order valence-corrected chi connectivity index (χ1v) is 10.9. The van der Waals surface area contributed by atoms with Gasteiger partial charge in [0.1, 0.15) is 0 Å². The number of nitrogens with one attached hydrogen (secondary N) is 1. The van der Waals surface area contributed by atoms with Crippen LogP contribution in [0.1, 0.15) is 26.3 Å². The van der Waals surface area contributed by atoms with Gasteiger partial charge in [-0.25, -0.2) is 25.9 Å². The van der Waals surface area contributed by atoms with E-state index in [1.165, 1.54) is 4.31 Å². The zero-order valence-corrected chi connectivity index (χ0v) is 15.7. The molecule has 0 aliphatic carbocycles. The van der Waals surface area contributed by atoms with E-state index in [2.05, 4.69) is 4.72 Å². The zero-order chi connectivity index (χ0) is 17.7. The molecule has 0 radical (unpaired) electrons. The van der Waals surface area contributed by atoms with Crippen molar-refractivity contribution in [2.45, 2.75) is 32.1 Å². The quantitative estimate of drug-likeness (QED) is 0.720. The summed E-state index contributed by atoms with van der Waals surface area (Å²) < 4.78 is 51.6. The van der Waals surface area contributed by atoms with Crippen LogP contribution in [-0.2, 0) is 26.5 Å². The van der Waals surface area contributed by atoms with Gasteiger partial charge in [-0.15, -0.1) is 0 Å². The Balaban J connectivity index is 2.71. The minimum Gasteiger partial charge on any atom is -0.213 e. The van der Waals surface area contributed by atoms with Crippen molar-refractivity contribution in [3.63, 3.8) is 0 Å². The van der Waals surface area contributed by atoms with Crippen LogP contribution in [0.15, 0.2) is 29.2 Å². The van der Waals surface area contributed by atoms with E-state index in [0.717, 1.165) is 18.2 Å². The Morgan fingerprint density at radius 3 is 2.09 bits per heavy atom. The fourth-order valence-electron chi connectivity index (χ4n) is 2.09. The summed E-state index contributed by atoms with van der Waals surface area (Å²) >= 11 is 0. The van der Waals surface area contributed by atoms with Gasteiger partial charge in [-0.3, -0.25) is 0 Å². The number of hydrogen-bond acceptors (Lipinski definition) is 4. The second-order valence-electron chi connectivity index (χ2n) is 5.91. The highest BCUT2D eigenvalue weighted by Gasteiger charge is 2.19. The molecule has 6 nitrogen and oxygen atoms in total. The number of nitrogens with zero attached hydrogens (tertiary/aromatic N) is 1. The van der Waals surface area contributed by atoms with Crippen molar-refractivity contribution in [3.05, 3.63) is 29.8 Å². The molecule has 1 aromatic carbocycles. The molecule has 0 unspecified atom stereocenters. The van der Waals surface area contributed by atoms with Crippen molar-refractivity contribution >= 4 is 20.0 Å². The molecule has 23 heavy (non-hydrogen) atoms. The summed E-state index contributed by atoms with van der Waals surface area (Å²) in [5.41, 5.74) is 1.06. The van der Waals surface area contributed by atoms with Crippen molar-refractivity contribution in [2.24, 2.45) is 5.92 Å². The first kappa shape index (κ1) is 20.1. The van der Waals surface area contributed by atoms with Gasteiger partial charge < -0.3 is 0 Å². The third-order valence-corrected chi connectivity index (χ3v) is 6.08. The highest BCUT2D eigenvalue weighted by molar-refractivity contribution is 7.89. The van der Waals surface area contributed by atoms with Crippen LogP contribution in [0.25, 0.3) is 0 Å². The van der Waals surface area contributed by atoms with Crippen molar-refractivity contribution in [1.82, 2.24) is 9.03 Å². The summed E-state index contributed by atoms with van der Waals surface area (Å²) in [7, 11) is -6.98. The van der Waals surface area contributed by atoms with Gasteiger partial charge in [0.05, 0.1) is 11.2 Å². The molecular formula is C15H26N2O4S2. The van der Waals surface area contributed by atoms with E-state index in [0.29, 0.717) is 6.54 Å². The molecule has 0 fully saturated rings. The average Bonchev–Trinajstić information content (AvgIpc) is 2.44. The van der Waals surface area contributed by atoms with Crippen LogP contribution in [0.2, 0.25) is 0 Å². The highest BCUT2D eigenvalue weighted by Crippen LogP contribution is 2.11. The van der Waals surface area contributed by atoms with E-state index < -0.39 is 20.0 Å². The number of rotatable bonds is 9. The predicted molar refractivity (Wildman–Crippen MR) is 92.3 cm³/mol. The van der Waals surface area contributed by atoms with Gasteiger partial charge >= 0.3 is 0 Å². The number of sulfonamides is 2. The van der Waals surface area contributed by atoms with Gasteiger partial charge in [0, 0.05) is 19.6 Å². The summed E-state index contributed by atoms with van der Waals surface area (Å²) in [6.45, 7) is 6.35. The minimum atomic E-state index is -3.63. The third-order valence-electron chi connectivity index (χ3n) is 3.33. The molecule has 0 saturated carbocycles. The van der Waals surface area contributed by atoms with Gasteiger partial charge in [-0.05, 0) is 30.0 Å². The zero-order valence-electron chi connectivity index (χ0n) is 14.1. The van der Waals surface area contributed by atoms with E-state index in [1.54, 1.807) is 24.3 Å². The summed E-state index contributed by atoms with van der Waals surface area (Å²) in [5.74, 6) is 0.169. The van der Waals surface area contributed by atoms with Crippen LogP contribution in [0.4, 0.5) is 0 Å². The second kappa shape index (κ2) is 8.23. The fourth-order valence-corrected chi connectivity index (χ4v) is 4.11. The Labute approximate surface area is 140 Å². The van der Waals surface area contributed by atoms with Crippen LogP contribution in [-0.4, -0.2) is 47.0 Å². The molecule has 0 spiro atoms. The normalized spacial score (nSPS) is 13.0. The van der Waals surface area contributed by atoms with Gasteiger partial charge in [0.2, 0.25) is 20.0 Å². The van der Waals surface area contributed by atoms with E-state index in [1.807, 2.05) is 20.8 Å². The number of hydrogen-bond donors (Lipinski definition) is 1. The lowest BCUT2D eigenvalue weighted by Gasteiger charge is -2.22. The number of aryl methyl sites for hydroxylation is 1. The molecule has 0 heterocycles. The fraction of sp³-hybridized carbons (Fsp3) is 0.600. The Morgan fingerprint density at radius 2 is 1.65 bits per heavy atom. The third kappa shape index (κ3) is 6.58. The predicted octanol–water partition coefficient (Wildman–Crippen LogP) is 1.44. The Hall–Kier alpha value is -0.960. The average molecular weight is 363 g/mol. The molecule has 1 aromatic rings.